The highest BCUT2D eigenvalue weighted by atomic mass is 32.2. The lowest BCUT2D eigenvalue weighted by atomic mass is 9.86. The van der Waals surface area contributed by atoms with Crippen LogP contribution in [0.4, 0.5) is 26.3 Å². The molecule has 0 bridgehead atoms. The van der Waals surface area contributed by atoms with Gasteiger partial charge in [-0.2, -0.15) is 31.1 Å². The van der Waals surface area contributed by atoms with Gasteiger partial charge in [0.05, 0.1) is 29.0 Å². The predicted molar refractivity (Wildman–Crippen MR) is 137 cm³/mol. The highest BCUT2D eigenvalue weighted by Gasteiger charge is 2.44. The molecule has 2 aromatic carbocycles. The maximum Gasteiger partial charge on any atom is 0.416 e. The smallest absolute Gasteiger partial charge is 0.393 e. The van der Waals surface area contributed by atoms with Gasteiger partial charge in [-0.25, -0.2) is 8.42 Å². The van der Waals surface area contributed by atoms with Crippen LogP contribution in [0, 0.1) is 0 Å². The van der Waals surface area contributed by atoms with Crippen LogP contribution in [0.1, 0.15) is 60.4 Å². The summed E-state index contributed by atoms with van der Waals surface area (Å²) in [6, 6.07) is 4.68. The van der Waals surface area contributed by atoms with E-state index in [1.165, 1.54) is 4.72 Å². The largest absolute Gasteiger partial charge is 0.416 e. The van der Waals surface area contributed by atoms with Crippen LogP contribution in [0.15, 0.2) is 47.4 Å². The van der Waals surface area contributed by atoms with Crippen LogP contribution in [0.2, 0.25) is 0 Å². The molecule has 1 heterocycles. The number of aliphatic hydroxyl groups is 1. The van der Waals surface area contributed by atoms with Crippen molar-refractivity contribution >= 4 is 15.9 Å². The summed E-state index contributed by atoms with van der Waals surface area (Å²) in [6.45, 7) is 2.24. The molecule has 2 aromatic rings. The topological polar surface area (TPSA) is 98.7 Å². The first kappa shape index (κ1) is 31.3. The van der Waals surface area contributed by atoms with Gasteiger partial charge in [-0.15, -0.1) is 0 Å². The molecule has 0 saturated carbocycles. The number of piperidine rings is 1. The normalized spacial score (nSPS) is 19.9. The quantitative estimate of drug-likeness (QED) is 0.385. The molecule has 1 aliphatic heterocycles. The molecule has 7 nitrogen and oxygen atoms in total. The minimum absolute atomic E-state index is 0.234. The van der Waals surface area contributed by atoms with Crippen LogP contribution >= 0.6 is 0 Å². The zero-order valence-corrected chi connectivity index (χ0v) is 22.7. The number of carbonyl (C=O) groups is 1. The Balaban J connectivity index is 1.43. The molecular weight excluding hydrogens is 576 g/mol. The van der Waals surface area contributed by atoms with Gasteiger partial charge in [0.2, 0.25) is 15.9 Å². The maximum atomic E-state index is 13.8. The number of nitrogens with zero attached hydrogens (tertiary/aromatic N) is 1. The van der Waals surface area contributed by atoms with Gasteiger partial charge in [-0.05, 0) is 67.0 Å². The molecular formula is C27H31F6N3O4S. The number of sulfonamides is 1. The molecule has 2 atom stereocenters. The summed E-state index contributed by atoms with van der Waals surface area (Å²) in [6.07, 6.45) is -8.35. The summed E-state index contributed by atoms with van der Waals surface area (Å²) < 4.78 is 107. The second-order valence-electron chi connectivity index (χ2n) is 10.5. The first-order chi connectivity index (χ1) is 19.1. The van der Waals surface area contributed by atoms with Crippen molar-refractivity contribution < 1.29 is 44.7 Å². The Morgan fingerprint density at radius 2 is 1.73 bits per heavy atom. The fourth-order valence-corrected chi connectivity index (χ4v) is 6.48. The number of halogens is 6. The van der Waals surface area contributed by atoms with E-state index >= 15 is 0 Å². The Labute approximate surface area is 234 Å². The standard InChI is InChI=1S/C27H31F6N3O4S/c28-26(29,30)19-4-2-5-21(14-19)41(39,40)35-24(27(31,32)33)15-25(38)34-23-6-1-3-18-13-17(7-8-22(18)23)16-36-11-9-20(37)10-12-36/h2,4-5,7-8,13-14,20,23-24,35,37H,1,3,6,9-12,15-16H2,(H,34,38)/t23-,24+/m1/s1. The molecule has 0 radical (unpaired) electrons. The van der Waals surface area contributed by atoms with Crippen molar-refractivity contribution in [2.45, 2.75) is 80.5 Å². The number of amides is 1. The van der Waals surface area contributed by atoms with Crippen molar-refractivity contribution in [3.63, 3.8) is 0 Å². The molecule has 1 fully saturated rings. The summed E-state index contributed by atoms with van der Waals surface area (Å²) in [5, 5.41) is 12.3. The number of aliphatic hydroxyl groups excluding tert-OH is 1. The van der Waals surface area contributed by atoms with Crippen molar-refractivity contribution in [1.82, 2.24) is 14.9 Å². The summed E-state index contributed by atoms with van der Waals surface area (Å²) in [7, 11) is -5.04. The molecule has 2 aliphatic rings. The van der Waals surface area contributed by atoms with E-state index in [0.29, 0.717) is 38.3 Å². The third-order valence-corrected chi connectivity index (χ3v) is 8.84. The zero-order valence-electron chi connectivity index (χ0n) is 21.9. The van der Waals surface area contributed by atoms with E-state index < -0.39 is 57.2 Å². The molecule has 3 N–H and O–H groups in total. The number of fused-ring (bicyclic) bond motifs is 1. The number of carbonyl (C=O) groups excluding carboxylic acids is 1. The molecule has 0 spiro atoms. The van der Waals surface area contributed by atoms with Crippen LogP contribution in [-0.2, 0) is 34.0 Å². The number of rotatable bonds is 8. The Morgan fingerprint density at radius 1 is 1.02 bits per heavy atom. The Bertz CT molecular complexity index is 1340. The second-order valence-corrected chi connectivity index (χ2v) is 12.2. The van der Waals surface area contributed by atoms with E-state index in [0.717, 1.165) is 48.3 Å². The molecule has 41 heavy (non-hydrogen) atoms. The van der Waals surface area contributed by atoms with Gasteiger partial charge in [0, 0.05) is 19.6 Å². The summed E-state index contributed by atoms with van der Waals surface area (Å²) in [4.78, 5) is 14.0. The molecule has 226 valence electrons. The van der Waals surface area contributed by atoms with Gasteiger partial charge in [0.25, 0.3) is 0 Å². The third-order valence-electron chi connectivity index (χ3n) is 7.37. The SMILES string of the molecule is O=C(C[C@H](NS(=O)(=O)c1cccc(C(F)(F)F)c1)C(F)(F)F)N[C@@H]1CCCc2cc(CN3CCC(O)CC3)ccc21. The van der Waals surface area contributed by atoms with E-state index in [1.807, 2.05) is 18.2 Å². The van der Waals surface area contributed by atoms with Gasteiger partial charge < -0.3 is 10.4 Å². The average Bonchev–Trinajstić information content (AvgIpc) is 2.88. The monoisotopic (exact) mass is 607 g/mol. The first-order valence-corrected chi connectivity index (χ1v) is 14.7. The molecule has 0 aromatic heterocycles. The summed E-state index contributed by atoms with van der Waals surface area (Å²) >= 11 is 0. The molecule has 1 aliphatic carbocycles. The number of hydrogen-bond acceptors (Lipinski definition) is 5. The zero-order chi connectivity index (χ0) is 30.0. The highest BCUT2D eigenvalue weighted by molar-refractivity contribution is 7.89. The fraction of sp³-hybridized carbons (Fsp3) is 0.519. The van der Waals surface area contributed by atoms with E-state index in [-0.39, 0.29) is 12.2 Å². The second kappa shape index (κ2) is 12.3. The third kappa shape index (κ3) is 8.21. The number of likely N-dealkylation sites (tertiary alicyclic amines) is 1. The Hall–Kier alpha value is -2.68. The molecule has 1 amide bonds. The van der Waals surface area contributed by atoms with Gasteiger partial charge in [-0.1, -0.05) is 24.3 Å². The fourth-order valence-electron chi connectivity index (χ4n) is 5.21. The number of hydrogen-bond donors (Lipinski definition) is 3. The number of alkyl halides is 6. The van der Waals surface area contributed by atoms with Crippen molar-refractivity contribution in [2.75, 3.05) is 13.1 Å². The van der Waals surface area contributed by atoms with E-state index in [2.05, 4.69) is 10.2 Å². The Morgan fingerprint density at radius 3 is 2.39 bits per heavy atom. The van der Waals surface area contributed by atoms with Crippen LogP contribution in [-0.4, -0.2) is 55.7 Å². The highest BCUT2D eigenvalue weighted by Crippen LogP contribution is 2.33. The van der Waals surface area contributed by atoms with Crippen LogP contribution < -0.4 is 10.0 Å². The average molecular weight is 608 g/mol. The lowest BCUT2D eigenvalue weighted by Gasteiger charge is -2.31. The molecule has 1 saturated heterocycles. The predicted octanol–water partition coefficient (Wildman–Crippen LogP) is 4.46. The summed E-state index contributed by atoms with van der Waals surface area (Å²) in [5.74, 6) is -1.05. The van der Waals surface area contributed by atoms with Crippen molar-refractivity contribution in [1.29, 1.82) is 0 Å². The number of benzene rings is 2. The van der Waals surface area contributed by atoms with Crippen LogP contribution in [0.25, 0.3) is 0 Å². The van der Waals surface area contributed by atoms with Gasteiger partial charge in [-0.3, -0.25) is 9.69 Å². The molecule has 0 unspecified atom stereocenters. The minimum Gasteiger partial charge on any atom is -0.393 e. The number of aryl methyl sites for hydroxylation is 1. The minimum atomic E-state index is -5.18. The van der Waals surface area contributed by atoms with E-state index in [9.17, 15) is 44.7 Å². The lowest BCUT2D eigenvalue weighted by Crippen LogP contribution is -2.48. The molecule has 14 heteroatoms. The maximum absolute atomic E-state index is 13.8. The number of nitrogens with one attached hydrogen (secondary N) is 2. The van der Waals surface area contributed by atoms with Crippen molar-refractivity contribution in [3.05, 3.63) is 64.7 Å². The Kier molecular flexibility index (Phi) is 9.36. The lowest BCUT2D eigenvalue weighted by molar-refractivity contribution is -0.158. The van der Waals surface area contributed by atoms with Gasteiger partial charge in [0.15, 0.2) is 0 Å². The van der Waals surface area contributed by atoms with Crippen molar-refractivity contribution in [2.24, 2.45) is 0 Å². The molecule has 4 rings (SSSR count). The van der Waals surface area contributed by atoms with E-state index in [4.69, 9.17) is 0 Å². The van der Waals surface area contributed by atoms with Gasteiger partial charge >= 0.3 is 12.4 Å². The first-order valence-electron chi connectivity index (χ1n) is 13.2. The van der Waals surface area contributed by atoms with Gasteiger partial charge in [0.1, 0.15) is 6.04 Å². The van der Waals surface area contributed by atoms with E-state index in [1.54, 1.807) is 0 Å². The van der Waals surface area contributed by atoms with Crippen LogP contribution in [0.3, 0.4) is 0 Å². The summed E-state index contributed by atoms with van der Waals surface area (Å²) in [5.41, 5.74) is 1.45. The van der Waals surface area contributed by atoms with Crippen molar-refractivity contribution in [3.8, 4) is 0 Å². The van der Waals surface area contributed by atoms with Crippen LogP contribution in [0.5, 0.6) is 0 Å².